The highest BCUT2D eigenvalue weighted by Crippen LogP contribution is 2.25. The summed E-state index contributed by atoms with van der Waals surface area (Å²) in [7, 11) is 1.62. The van der Waals surface area contributed by atoms with Gasteiger partial charge in [-0.25, -0.2) is 0 Å². The Bertz CT molecular complexity index is 820. The second-order valence-electron chi connectivity index (χ2n) is 4.55. The van der Waals surface area contributed by atoms with Gasteiger partial charge in [-0.2, -0.15) is 0 Å². The molecule has 0 bridgehead atoms. The van der Waals surface area contributed by atoms with Crippen molar-refractivity contribution in [3.8, 4) is 17.0 Å². The molecule has 2 aromatic carbocycles. The third-order valence-corrected chi connectivity index (χ3v) is 3.32. The molecule has 3 rings (SSSR count). The summed E-state index contributed by atoms with van der Waals surface area (Å²) in [5.74, 6) is 0.774. The van der Waals surface area contributed by atoms with Crippen molar-refractivity contribution in [1.82, 2.24) is 4.98 Å². The zero-order chi connectivity index (χ0) is 14.1. The zero-order valence-corrected chi connectivity index (χ0v) is 11.0. The van der Waals surface area contributed by atoms with Crippen molar-refractivity contribution < 1.29 is 4.74 Å². The number of benzene rings is 2. The molecule has 4 nitrogen and oxygen atoms in total. The van der Waals surface area contributed by atoms with Crippen LogP contribution in [-0.2, 0) is 0 Å². The lowest BCUT2D eigenvalue weighted by Gasteiger charge is -2.07. The number of H-pyrrole nitrogens is 1. The van der Waals surface area contributed by atoms with Crippen LogP contribution in [0.2, 0.25) is 0 Å². The van der Waals surface area contributed by atoms with Gasteiger partial charge < -0.3 is 15.5 Å². The van der Waals surface area contributed by atoms with Crippen LogP contribution in [0, 0.1) is 0 Å². The first-order valence-corrected chi connectivity index (χ1v) is 6.25. The van der Waals surface area contributed by atoms with Gasteiger partial charge in [0.15, 0.2) is 0 Å². The topological polar surface area (TPSA) is 68.1 Å². The van der Waals surface area contributed by atoms with E-state index in [9.17, 15) is 4.79 Å². The molecule has 3 aromatic rings. The number of aromatic nitrogens is 1. The summed E-state index contributed by atoms with van der Waals surface area (Å²) in [6.07, 6.45) is 0. The zero-order valence-electron chi connectivity index (χ0n) is 11.0. The standard InChI is InChI=1S/C16H14N2O2/c1-20-11-7-5-10(6-8-11)15-9-13-12(16(19)18-15)3-2-4-14(13)17/h2-9H,17H2,1H3,(H,18,19). The SMILES string of the molecule is COc1ccc(-c2cc3c(N)cccc3c(=O)[nH]2)cc1. The first-order chi connectivity index (χ1) is 9.69. The van der Waals surface area contributed by atoms with Crippen LogP contribution in [0.15, 0.2) is 53.3 Å². The molecule has 4 heteroatoms. The fourth-order valence-electron chi connectivity index (χ4n) is 2.24. The van der Waals surface area contributed by atoms with E-state index in [1.54, 1.807) is 25.3 Å². The van der Waals surface area contributed by atoms with Crippen molar-refractivity contribution in [2.24, 2.45) is 0 Å². The van der Waals surface area contributed by atoms with Gasteiger partial charge in [0.2, 0.25) is 0 Å². The Kier molecular flexibility index (Phi) is 2.91. The third kappa shape index (κ3) is 2.01. The Labute approximate surface area is 115 Å². The fraction of sp³-hybridized carbons (Fsp3) is 0.0625. The van der Waals surface area contributed by atoms with Crippen LogP contribution in [0.3, 0.4) is 0 Å². The van der Waals surface area contributed by atoms with Crippen LogP contribution >= 0.6 is 0 Å². The highest BCUT2D eigenvalue weighted by Gasteiger charge is 2.06. The maximum absolute atomic E-state index is 12.1. The second kappa shape index (κ2) is 4.74. The molecule has 0 atom stereocenters. The number of nitrogens with two attached hydrogens (primary N) is 1. The van der Waals surface area contributed by atoms with E-state index >= 15 is 0 Å². The molecule has 0 aliphatic rings. The molecule has 1 aromatic heterocycles. The first kappa shape index (κ1) is 12.3. The highest BCUT2D eigenvalue weighted by molar-refractivity contribution is 5.94. The Morgan fingerprint density at radius 2 is 1.80 bits per heavy atom. The van der Waals surface area contributed by atoms with Crippen molar-refractivity contribution in [1.29, 1.82) is 0 Å². The Morgan fingerprint density at radius 3 is 2.50 bits per heavy atom. The lowest BCUT2D eigenvalue weighted by Crippen LogP contribution is -2.08. The number of methoxy groups -OCH3 is 1. The van der Waals surface area contributed by atoms with Gasteiger partial charge in [0, 0.05) is 22.2 Å². The van der Waals surface area contributed by atoms with Gasteiger partial charge in [0.05, 0.1) is 7.11 Å². The van der Waals surface area contributed by atoms with Gasteiger partial charge in [-0.05, 0) is 48.0 Å². The number of hydrogen-bond acceptors (Lipinski definition) is 3. The van der Waals surface area contributed by atoms with Crippen molar-refractivity contribution >= 4 is 16.5 Å². The molecule has 0 unspecified atom stereocenters. The lowest BCUT2D eigenvalue weighted by molar-refractivity contribution is 0.415. The van der Waals surface area contributed by atoms with Gasteiger partial charge in [-0.15, -0.1) is 0 Å². The van der Waals surface area contributed by atoms with Crippen LogP contribution in [0.1, 0.15) is 0 Å². The predicted molar refractivity (Wildman–Crippen MR) is 81.0 cm³/mol. The van der Waals surface area contributed by atoms with Gasteiger partial charge >= 0.3 is 0 Å². The average molecular weight is 266 g/mol. The van der Waals surface area contributed by atoms with E-state index in [1.165, 1.54) is 0 Å². The first-order valence-electron chi connectivity index (χ1n) is 6.25. The van der Waals surface area contributed by atoms with Crippen molar-refractivity contribution in [3.05, 3.63) is 58.9 Å². The molecule has 0 aliphatic heterocycles. The summed E-state index contributed by atoms with van der Waals surface area (Å²) in [5.41, 5.74) is 8.06. The predicted octanol–water partition coefficient (Wildman–Crippen LogP) is 2.79. The van der Waals surface area contributed by atoms with Crippen molar-refractivity contribution in [2.45, 2.75) is 0 Å². The summed E-state index contributed by atoms with van der Waals surface area (Å²) in [6.45, 7) is 0. The molecule has 0 saturated carbocycles. The molecular formula is C16H14N2O2. The maximum atomic E-state index is 12.1. The Hall–Kier alpha value is -2.75. The number of pyridine rings is 1. The number of rotatable bonds is 2. The van der Waals surface area contributed by atoms with Crippen LogP contribution < -0.4 is 16.0 Å². The number of aromatic amines is 1. The normalized spacial score (nSPS) is 10.7. The van der Waals surface area contributed by atoms with E-state index in [4.69, 9.17) is 10.5 Å². The summed E-state index contributed by atoms with van der Waals surface area (Å²) < 4.78 is 5.13. The second-order valence-corrected chi connectivity index (χ2v) is 4.55. The molecular weight excluding hydrogens is 252 g/mol. The third-order valence-electron chi connectivity index (χ3n) is 3.32. The summed E-state index contributed by atoms with van der Waals surface area (Å²) in [6, 6.07) is 14.7. The summed E-state index contributed by atoms with van der Waals surface area (Å²) >= 11 is 0. The highest BCUT2D eigenvalue weighted by atomic mass is 16.5. The maximum Gasteiger partial charge on any atom is 0.256 e. The Morgan fingerprint density at radius 1 is 1.05 bits per heavy atom. The molecule has 0 aliphatic carbocycles. The minimum absolute atomic E-state index is 0.138. The molecule has 0 saturated heterocycles. The molecule has 100 valence electrons. The minimum atomic E-state index is -0.138. The number of nitrogens with one attached hydrogen (secondary N) is 1. The van der Waals surface area contributed by atoms with E-state index in [0.29, 0.717) is 11.1 Å². The van der Waals surface area contributed by atoms with E-state index in [1.807, 2.05) is 30.3 Å². The number of ether oxygens (including phenoxy) is 1. The van der Waals surface area contributed by atoms with Crippen LogP contribution in [-0.4, -0.2) is 12.1 Å². The lowest BCUT2D eigenvalue weighted by atomic mass is 10.1. The number of fused-ring (bicyclic) bond motifs is 1. The largest absolute Gasteiger partial charge is 0.497 e. The summed E-state index contributed by atoms with van der Waals surface area (Å²) in [5, 5.41) is 1.37. The fourth-order valence-corrected chi connectivity index (χ4v) is 2.24. The number of hydrogen-bond donors (Lipinski definition) is 2. The molecule has 3 N–H and O–H groups in total. The van der Waals surface area contributed by atoms with Crippen LogP contribution in [0.25, 0.3) is 22.0 Å². The van der Waals surface area contributed by atoms with Gasteiger partial charge in [0.25, 0.3) is 5.56 Å². The van der Waals surface area contributed by atoms with Crippen LogP contribution in [0.4, 0.5) is 5.69 Å². The molecule has 1 heterocycles. The van der Waals surface area contributed by atoms with Gasteiger partial charge in [-0.3, -0.25) is 4.79 Å². The van der Waals surface area contributed by atoms with E-state index in [0.717, 1.165) is 22.4 Å². The molecule has 0 fully saturated rings. The van der Waals surface area contributed by atoms with Gasteiger partial charge in [-0.1, -0.05) is 6.07 Å². The van der Waals surface area contributed by atoms with Crippen molar-refractivity contribution in [2.75, 3.05) is 12.8 Å². The van der Waals surface area contributed by atoms with Crippen molar-refractivity contribution in [3.63, 3.8) is 0 Å². The Balaban J connectivity index is 2.21. The average Bonchev–Trinajstić information content (AvgIpc) is 2.48. The molecule has 0 spiro atoms. The van der Waals surface area contributed by atoms with Crippen LogP contribution in [0.5, 0.6) is 5.75 Å². The quantitative estimate of drug-likeness (QED) is 0.701. The van der Waals surface area contributed by atoms with E-state index in [2.05, 4.69) is 4.98 Å². The summed E-state index contributed by atoms with van der Waals surface area (Å²) in [4.78, 5) is 15.0. The molecule has 20 heavy (non-hydrogen) atoms. The van der Waals surface area contributed by atoms with E-state index < -0.39 is 0 Å². The number of anilines is 1. The molecule has 0 radical (unpaired) electrons. The monoisotopic (exact) mass is 266 g/mol. The number of nitrogen functional groups attached to an aromatic ring is 1. The van der Waals surface area contributed by atoms with Gasteiger partial charge in [0.1, 0.15) is 5.75 Å². The molecule has 0 amide bonds. The smallest absolute Gasteiger partial charge is 0.256 e. The minimum Gasteiger partial charge on any atom is -0.497 e. The van der Waals surface area contributed by atoms with E-state index in [-0.39, 0.29) is 5.56 Å².